The van der Waals surface area contributed by atoms with Gasteiger partial charge >= 0.3 is 134 Å². The maximum atomic E-state index is 11.3. The monoisotopic (exact) mass is 382 g/mol. The molecule has 17 heavy (non-hydrogen) atoms. The van der Waals surface area contributed by atoms with Crippen molar-refractivity contribution in [2.45, 2.75) is 0 Å². The van der Waals surface area contributed by atoms with E-state index < -0.39 is 31.3 Å². The Morgan fingerprint density at radius 1 is 0.529 bits per heavy atom. The molecule has 4 bridgehead atoms. The largest absolute Gasteiger partial charge is 1.00 e. The van der Waals surface area contributed by atoms with E-state index in [1.165, 1.54) is 0 Å². The molecule has 0 radical (unpaired) electrons. The minimum Gasteiger partial charge on any atom is -1.00 e. The van der Waals surface area contributed by atoms with Gasteiger partial charge in [0.05, 0.1) is 0 Å². The molecule has 0 aromatic carbocycles. The van der Waals surface area contributed by atoms with Crippen LogP contribution < -0.4 is 103 Å². The van der Waals surface area contributed by atoms with Crippen molar-refractivity contribution in [3.63, 3.8) is 0 Å². The molecule has 4 heterocycles. The van der Waals surface area contributed by atoms with E-state index in [0.717, 1.165) is 0 Å². The third-order valence-corrected chi connectivity index (χ3v) is 10.8. The maximum Gasteiger partial charge on any atom is 1.00 e. The average Bonchev–Trinajstić information content (AvgIpc) is 1.67. The first-order valence-corrected chi connectivity index (χ1v) is 8.76. The third-order valence-electron chi connectivity index (χ3n) is 1.20. The van der Waals surface area contributed by atoms with Crippen LogP contribution in [0.25, 0.3) is 0 Å². The van der Waals surface area contributed by atoms with Gasteiger partial charge in [0.2, 0.25) is 0 Å². The second-order valence-electron chi connectivity index (χ2n) is 2.28. The summed E-state index contributed by atoms with van der Waals surface area (Å²) in [5.74, 6) is 0. The molecule has 0 spiro atoms. The van der Waals surface area contributed by atoms with Crippen LogP contribution in [-0.2, 0) is 44.1 Å². The summed E-state index contributed by atoms with van der Waals surface area (Å²) in [6, 6.07) is 0. The summed E-state index contributed by atoms with van der Waals surface area (Å²) in [4.78, 5) is 0. The second kappa shape index (κ2) is 6.19. The molecule has 0 aromatic rings. The standard InChI is InChI=1S/2K.O10P4.H2O.2H/c;;1-11-5-12(2)8-13(3,6-11)10-14(4,7-11)9-12;;;/h;;;1H2;;/q2*+1;;;2*-1. The summed E-state index contributed by atoms with van der Waals surface area (Å²) in [5, 5.41) is 0. The minimum atomic E-state index is -4.43. The number of rotatable bonds is 0. The summed E-state index contributed by atoms with van der Waals surface area (Å²) in [6.45, 7) is 0. The maximum absolute atomic E-state index is 11.3. The Bertz CT molecular complexity index is 362. The van der Waals surface area contributed by atoms with E-state index in [-0.39, 0.29) is 111 Å². The third kappa shape index (κ3) is 4.01. The zero-order valence-electron chi connectivity index (χ0n) is 10.4. The predicted molar refractivity (Wildman–Crippen MR) is 42.8 cm³/mol. The van der Waals surface area contributed by atoms with Crippen LogP contribution in [0.5, 0.6) is 0 Å². The Morgan fingerprint density at radius 2 is 0.647 bits per heavy atom. The van der Waals surface area contributed by atoms with Crippen LogP contribution in [0.2, 0.25) is 0 Å². The Hall–Kier alpha value is 3.91. The van der Waals surface area contributed by atoms with Gasteiger partial charge in [0.15, 0.2) is 0 Å². The van der Waals surface area contributed by atoms with Crippen LogP contribution in [0.3, 0.4) is 0 Å². The van der Waals surface area contributed by atoms with Crippen molar-refractivity contribution in [3.8, 4) is 0 Å². The van der Waals surface area contributed by atoms with Gasteiger partial charge in [-0.05, 0) is 0 Å². The Morgan fingerprint density at radius 3 is 0.765 bits per heavy atom. The zero-order valence-corrected chi connectivity index (χ0v) is 18.2. The predicted octanol–water partition coefficient (Wildman–Crippen LogP) is -4.03. The SMILES string of the molecule is O.O=P12OP3(=O)OP(=O)(O1)OP(=O)(O2)O3.[H-].[H-].[K+].[K+]. The Balaban J connectivity index is -0.000000512. The molecule has 4 saturated heterocycles. The van der Waals surface area contributed by atoms with Crippen LogP contribution in [0, 0.1) is 0 Å². The first-order valence-electron chi connectivity index (χ1n) is 2.92. The quantitative estimate of drug-likeness (QED) is 0.299. The summed E-state index contributed by atoms with van der Waals surface area (Å²) in [7, 11) is -17.7. The van der Waals surface area contributed by atoms with E-state index in [4.69, 9.17) is 0 Å². The molecule has 4 aliphatic rings. The van der Waals surface area contributed by atoms with Crippen molar-refractivity contribution in [2.24, 2.45) is 0 Å². The fraction of sp³-hybridized carbons (Fsp3) is 0. The number of hydrogen-bond donors (Lipinski definition) is 0. The first kappa shape index (κ1) is 20.9. The van der Waals surface area contributed by atoms with Crippen LogP contribution in [0.15, 0.2) is 0 Å². The van der Waals surface area contributed by atoms with Gasteiger partial charge in [0, 0.05) is 0 Å². The Labute approximate surface area is 183 Å². The van der Waals surface area contributed by atoms with E-state index in [0.29, 0.717) is 0 Å². The smallest absolute Gasteiger partial charge is 1.00 e. The van der Waals surface area contributed by atoms with Crippen molar-refractivity contribution >= 4 is 31.3 Å². The van der Waals surface area contributed by atoms with Gasteiger partial charge in [-0.3, -0.25) is 0 Å². The molecule has 0 amide bonds. The molecular formula is H4K2O11P4. The topological polar surface area (TPSA) is 155 Å². The van der Waals surface area contributed by atoms with Gasteiger partial charge < -0.3 is 8.33 Å². The molecule has 0 saturated carbocycles. The van der Waals surface area contributed by atoms with Gasteiger partial charge in [-0.1, -0.05) is 0 Å². The summed E-state index contributed by atoms with van der Waals surface area (Å²) >= 11 is 0. The van der Waals surface area contributed by atoms with Gasteiger partial charge in [-0.2, -0.15) is 25.9 Å². The second-order valence-corrected chi connectivity index (χ2v) is 9.78. The van der Waals surface area contributed by atoms with E-state index in [1.54, 1.807) is 0 Å². The molecule has 4 fully saturated rings. The van der Waals surface area contributed by atoms with Crippen molar-refractivity contribution < 1.29 is 155 Å². The van der Waals surface area contributed by atoms with Crippen molar-refractivity contribution in [1.29, 1.82) is 0 Å². The van der Waals surface area contributed by atoms with Gasteiger partial charge in [-0.15, -0.1) is 0 Å². The molecule has 0 atom stereocenters. The molecule has 4 aliphatic heterocycles. The van der Waals surface area contributed by atoms with E-state index in [2.05, 4.69) is 25.9 Å². The van der Waals surface area contributed by atoms with Crippen molar-refractivity contribution in [2.75, 3.05) is 0 Å². The van der Waals surface area contributed by atoms with E-state index in [1.807, 2.05) is 0 Å². The molecule has 0 aromatic heterocycles. The van der Waals surface area contributed by atoms with Crippen LogP contribution >= 0.6 is 31.3 Å². The number of hydrogen-bond acceptors (Lipinski definition) is 10. The molecule has 17 heteroatoms. The van der Waals surface area contributed by atoms with Crippen molar-refractivity contribution in [3.05, 3.63) is 0 Å². The van der Waals surface area contributed by atoms with Gasteiger partial charge in [0.1, 0.15) is 0 Å². The number of phosphoric acid groups is 4. The summed E-state index contributed by atoms with van der Waals surface area (Å²) in [6.07, 6.45) is 0. The molecule has 0 aliphatic carbocycles. The summed E-state index contributed by atoms with van der Waals surface area (Å²) < 4.78 is 69.9. The van der Waals surface area contributed by atoms with Crippen LogP contribution in [-0.4, -0.2) is 5.48 Å². The molecule has 11 nitrogen and oxygen atoms in total. The Kier molecular flexibility index (Phi) is 7.62. The van der Waals surface area contributed by atoms with Crippen LogP contribution in [0.1, 0.15) is 2.85 Å². The van der Waals surface area contributed by atoms with E-state index >= 15 is 0 Å². The van der Waals surface area contributed by atoms with E-state index in [9.17, 15) is 18.3 Å². The normalized spacial score (nSPS) is 54.1. The molecule has 92 valence electrons. The minimum absolute atomic E-state index is 0. The molecular weight excluding hydrogens is 378 g/mol. The van der Waals surface area contributed by atoms with Crippen molar-refractivity contribution in [1.82, 2.24) is 0 Å². The molecule has 4 rings (SSSR count). The zero-order chi connectivity index (χ0) is 10.2. The van der Waals surface area contributed by atoms with Gasteiger partial charge in [-0.25, -0.2) is 18.3 Å². The fourth-order valence-corrected chi connectivity index (χ4v) is 11.4. The van der Waals surface area contributed by atoms with Crippen LogP contribution in [0.4, 0.5) is 0 Å². The van der Waals surface area contributed by atoms with Gasteiger partial charge in [0.25, 0.3) is 0 Å². The summed E-state index contributed by atoms with van der Waals surface area (Å²) in [5.41, 5.74) is 0. The molecule has 0 unspecified atom stereocenters. The fourth-order valence-electron chi connectivity index (χ4n) is 0.914. The average molecular weight is 382 g/mol. The molecule has 2 N–H and O–H groups in total. The first-order chi connectivity index (χ1) is 6.24.